The van der Waals surface area contributed by atoms with E-state index >= 15 is 0 Å². The molecule has 0 aliphatic carbocycles. The van der Waals surface area contributed by atoms with Crippen molar-refractivity contribution in [2.24, 2.45) is 0 Å². The van der Waals surface area contributed by atoms with Crippen LogP contribution in [0.3, 0.4) is 0 Å². The number of rotatable bonds is 4. The van der Waals surface area contributed by atoms with Gasteiger partial charge < -0.3 is 16.2 Å². The molecule has 0 saturated heterocycles. The highest BCUT2D eigenvalue weighted by atomic mass is 16.4. The summed E-state index contributed by atoms with van der Waals surface area (Å²) in [6, 6.07) is 14.6. The van der Waals surface area contributed by atoms with Crippen molar-refractivity contribution in [1.82, 2.24) is 0 Å². The van der Waals surface area contributed by atoms with Crippen molar-refractivity contribution in [3.05, 3.63) is 59.7 Å². The summed E-state index contributed by atoms with van der Waals surface area (Å²) in [5, 5.41) is 12.3. The number of carbonyl (C=O) groups is 1. The summed E-state index contributed by atoms with van der Waals surface area (Å²) in [4.78, 5) is 11.2. The molecular formula is C15H16N2O2. The molecule has 0 saturated carbocycles. The fourth-order valence-corrected chi connectivity index (χ4v) is 1.95. The summed E-state index contributed by atoms with van der Waals surface area (Å²) in [5.41, 5.74) is 8.01. The summed E-state index contributed by atoms with van der Waals surface area (Å²) >= 11 is 0. The van der Waals surface area contributed by atoms with Gasteiger partial charge in [-0.3, -0.25) is 0 Å². The number of anilines is 2. The van der Waals surface area contributed by atoms with Crippen LogP contribution in [0.4, 0.5) is 11.4 Å². The number of carboxylic acid groups (broad SMARTS) is 1. The summed E-state index contributed by atoms with van der Waals surface area (Å²) in [6.45, 7) is 1.97. The highest BCUT2D eigenvalue weighted by Gasteiger charge is 2.15. The number of hydrogen-bond donors (Lipinski definition) is 3. The molecule has 4 heteroatoms. The summed E-state index contributed by atoms with van der Waals surface area (Å²) in [5.74, 6) is -0.991. The predicted octanol–water partition coefficient (Wildman–Crippen LogP) is 3.14. The molecule has 0 radical (unpaired) electrons. The number of aromatic carboxylic acids is 1. The fraction of sp³-hybridized carbons (Fsp3) is 0.133. The van der Waals surface area contributed by atoms with Gasteiger partial charge in [-0.2, -0.15) is 0 Å². The van der Waals surface area contributed by atoms with Gasteiger partial charge in [0.25, 0.3) is 0 Å². The average molecular weight is 256 g/mol. The number of carboxylic acids is 1. The van der Waals surface area contributed by atoms with Crippen LogP contribution in [-0.4, -0.2) is 11.1 Å². The zero-order valence-electron chi connectivity index (χ0n) is 10.6. The molecule has 0 aromatic heterocycles. The fourth-order valence-electron chi connectivity index (χ4n) is 1.95. The van der Waals surface area contributed by atoms with Crippen molar-refractivity contribution in [2.45, 2.75) is 13.0 Å². The van der Waals surface area contributed by atoms with E-state index in [9.17, 15) is 9.90 Å². The third-order valence-corrected chi connectivity index (χ3v) is 2.99. The van der Waals surface area contributed by atoms with E-state index in [-0.39, 0.29) is 11.6 Å². The highest BCUT2D eigenvalue weighted by Crippen LogP contribution is 2.28. The summed E-state index contributed by atoms with van der Waals surface area (Å²) < 4.78 is 0. The first-order valence-electron chi connectivity index (χ1n) is 6.03. The van der Waals surface area contributed by atoms with Crippen LogP contribution in [-0.2, 0) is 0 Å². The third-order valence-electron chi connectivity index (χ3n) is 2.99. The van der Waals surface area contributed by atoms with E-state index in [0.717, 1.165) is 5.56 Å². The standard InChI is InChI=1S/C15H16N2O2/c1-10(11-6-3-2-4-7-11)17-14-12(15(18)19)8-5-9-13(14)16/h2-10,17H,16H2,1H3,(H,18,19). The number of hydrogen-bond acceptors (Lipinski definition) is 3. The minimum absolute atomic E-state index is 0.0241. The van der Waals surface area contributed by atoms with Crippen LogP contribution >= 0.6 is 0 Å². The first-order valence-corrected chi connectivity index (χ1v) is 6.03. The van der Waals surface area contributed by atoms with Crippen molar-refractivity contribution in [3.8, 4) is 0 Å². The third kappa shape index (κ3) is 2.85. The van der Waals surface area contributed by atoms with Crippen molar-refractivity contribution in [1.29, 1.82) is 0 Å². The van der Waals surface area contributed by atoms with Gasteiger partial charge in [0.1, 0.15) is 0 Å². The van der Waals surface area contributed by atoms with Gasteiger partial charge >= 0.3 is 5.97 Å². The Morgan fingerprint density at radius 1 is 1.16 bits per heavy atom. The Morgan fingerprint density at radius 2 is 1.84 bits per heavy atom. The second-order valence-electron chi connectivity index (χ2n) is 4.35. The van der Waals surface area contributed by atoms with Gasteiger partial charge in [0, 0.05) is 6.04 Å². The number of nitrogens with two attached hydrogens (primary N) is 1. The average Bonchev–Trinajstić information content (AvgIpc) is 2.41. The Kier molecular flexibility index (Phi) is 3.71. The van der Waals surface area contributed by atoms with Crippen LogP contribution in [0.5, 0.6) is 0 Å². The number of para-hydroxylation sites is 1. The van der Waals surface area contributed by atoms with Crippen molar-refractivity contribution < 1.29 is 9.90 Å². The van der Waals surface area contributed by atoms with Crippen LogP contribution in [0, 0.1) is 0 Å². The molecule has 0 amide bonds. The molecule has 4 N–H and O–H groups in total. The van der Waals surface area contributed by atoms with Gasteiger partial charge in [-0.05, 0) is 24.6 Å². The molecule has 19 heavy (non-hydrogen) atoms. The van der Waals surface area contributed by atoms with Crippen LogP contribution in [0.2, 0.25) is 0 Å². The van der Waals surface area contributed by atoms with Crippen molar-refractivity contribution in [2.75, 3.05) is 11.1 Å². The molecule has 4 nitrogen and oxygen atoms in total. The largest absolute Gasteiger partial charge is 0.478 e. The van der Waals surface area contributed by atoms with Gasteiger partial charge in [0.15, 0.2) is 0 Å². The van der Waals surface area contributed by atoms with E-state index in [0.29, 0.717) is 11.4 Å². The first-order chi connectivity index (χ1) is 9.09. The Hall–Kier alpha value is -2.49. The number of nitrogen functional groups attached to an aromatic ring is 1. The second kappa shape index (κ2) is 5.44. The molecule has 1 unspecified atom stereocenters. The molecule has 0 aliphatic heterocycles. The van der Waals surface area contributed by atoms with E-state index in [1.54, 1.807) is 18.2 Å². The second-order valence-corrected chi connectivity index (χ2v) is 4.35. The lowest BCUT2D eigenvalue weighted by atomic mass is 10.1. The Bertz CT molecular complexity index is 582. The topological polar surface area (TPSA) is 75.3 Å². The molecule has 0 aliphatic rings. The van der Waals surface area contributed by atoms with E-state index in [2.05, 4.69) is 5.32 Å². The van der Waals surface area contributed by atoms with Crippen LogP contribution in [0.25, 0.3) is 0 Å². The lowest BCUT2D eigenvalue weighted by Gasteiger charge is -2.18. The molecule has 0 spiro atoms. The lowest BCUT2D eigenvalue weighted by Crippen LogP contribution is -2.12. The number of nitrogens with one attached hydrogen (secondary N) is 1. The van der Waals surface area contributed by atoms with Gasteiger partial charge in [0.2, 0.25) is 0 Å². The molecule has 0 bridgehead atoms. The van der Waals surface area contributed by atoms with E-state index in [1.807, 2.05) is 37.3 Å². The van der Waals surface area contributed by atoms with Crippen LogP contribution < -0.4 is 11.1 Å². The maximum Gasteiger partial charge on any atom is 0.337 e. The maximum absolute atomic E-state index is 11.2. The van der Waals surface area contributed by atoms with Gasteiger partial charge in [0.05, 0.1) is 16.9 Å². The quantitative estimate of drug-likeness (QED) is 0.734. The van der Waals surface area contributed by atoms with E-state index < -0.39 is 5.97 Å². The van der Waals surface area contributed by atoms with Crippen LogP contribution in [0.1, 0.15) is 28.9 Å². The highest BCUT2D eigenvalue weighted by molar-refractivity contribution is 5.97. The molecule has 98 valence electrons. The lowest BCUT2D eigenvalue weighted by molar-refractivity contribution is 0.0698. The Labute approximate surface area is 111 Å². The zero-order valence-corrected chi connectivity index (χ0v) is 10.6. The normalized spacial score (nSPS) is 11.8. The van der Waals surface area contributed by atoms with Gasteiger partial charge in [-0.15, -0.1) is 0 Å². The predicted molar refractivity (Wildman–Crippen MR) is 76.3 cm³/mol. The maximum atomic E-state index is 11.2. The first kappa shape index (κ1) is 13.0. The molecule has 2 aromatic carbocycles. The molecule has 1 atom stereocenters. The Morgan fingerprint density at radius 3 is 2.47 bits per heavy atom. The zero-order chi connectivity index (χ0) is 13.8. The smallest absolute Gasteiger partial charge is 0.337 e. The Balaban J connectivity index is 2.31. The van der Waals surface area contributed by atoms with E-state index in [4.69, 9.17) is 5.73 Å². The molecular weight excluding hydrogens is 240 g/mol. The number of benzene rings is 2. The summed E-state index contributed by atoms with van der Waals surface area (Å²) in [7, 11) is 0. The SMILES string of the molecule is CC(Nc1c(N)cccc1C(=O)O)c1ccccc1. The molecule has 2 rings (SSSR count). The van der Waals surface area contributed by atoms with E-state index in [1.165, 1.54) is 0 Å². The van der Waals surface area contributed by atoms with Gasteiger partial charge in [-0.1, -0.05) is 36.4 Å². The van der Waals surface area contributed by atoms with Crippen molar-refractivity contribution in [3.63, 3.8) is 0 Å². The molecule has 0 heterocycles. The summed E-state index contributed by atoms with van der Waals surface area (Å²) in [6.07, 6.45) is 0. The minimum atomic E-state index is -0.991. The van der Waals surface area contributed by atoms with Gasteiger partial charge in [-0.25, -0.2) is 4.79 Å². The monoisotopic (exact) mass is 256 g/mol. The minimum Gasteiger partial charge on any atom is -0.478 e. The molecule has 0 fully saturated rings. The molecule has 2 aromatic rings. The van der Waals surface area contributed by atoms with Crippen LogP contribution in [0.15, 0.2) is 48.5 Å². The van der Waals surface area contributed by atoms with Crippen molar-refractivity contribution >= 4 is 17.3 Å².